The standard InChI is InChI=1S/C17H19N6/c1-21(2)14-8-9-22(11-14)17-18-10-15-16(20-17)23(12-19-15)13-6-4-3-5-7-13/h3-7,12,14H,8-9,11H2,1-2H3. The van der Waals surface area contributed by atoms with Crippen LogP contribution in [-0.2, 0) is 0 Å². The highest BCUT2D eigenvalue weighted by Gasteiger charge is 2.26. The molecule has 0 N–H and O–H groups in total. The fraction of sp³-hybridized carbons (Fsp3) is 0.353. The largest absolute Gasteiger partial charge is 0.339 e. The molecule has 0 spiro atoms. The number of imidazole rings is 1. The number of nitrogens with zero attached hydrogens (tertiary/aromatic N) is 6. The van der Waals surface area contributed by atoms with Crippen molar-refractivity contribution in [2.24, 2.45) is 0 Å². The molecule has 1 saturated heterocycles. The molecule has 6 nitrogen and oxygen atoms in total. The molecular weight excluding hydrogens is 288 g/mol. The molecule has 1 aliphatic heterocycles. The summed E-state index contributed by atoms with van der Waals surface area (Å²) >= 11 is 0. The van der Waals surface area contributed by atoms with Gasteiger partial charge < -0.3 is 9.80 Å². The highest BCUT2D eigenvalue weighted by Crippen LogP contribution is 2.21. The number of hydrogen-bond acceptors (Lipinski definition) is 5. The first-order valence-corrected chi connectivity index (χ1v) is 7.82. The number of rotatable bonds is 3. The Morgan fingerprint density at radius 3 is 2.78 bits per heavy atom. The van der Waals surface area contributed by atoms with E-state index in [0.29, 0.717) is 11.6 Å². The molecule has 1 aliphatic rings. The van der Waals surface area contributed by atoms with Crippen molar-refractivity contribution in [3.05, 3.63) is 42.9 Å². The summed E-state index contributed by atoms with van der Waals surface area (Å²) in [5, 5.41) is 0. The van der Waals surface area contributed by atoms with E-state index in [9.17, 15) is 0 Å². The van der Waals surface area contributed by atoms with E-state index in [1.165, 1.54) is 0 Å². The number of likely N-dealkylation sites (N-methyl/N-ethyl adjacent to an activating group) is 1. The monoisotopic (exact) mass is 307 g/mol. The van der Waals surface area contributed by atoms with E-state index >= 15 is 0 Å². The number of fused-ring (bicyclic) bond motifs is 1. The minimum Gasteiger partial charge on any atom is -0.339 e. The zero-order chi connectivity index (χ0) is 15.8. The molecule has 0 bridgehead atoms. The van der Waals surface area contributed by atoms with Gasteiger partial charge in [-0.05, 0) is 32.6 Å². The van der Waals surface area contributed by atoms with Gasteiger partial charge >= 0.3 is 0 Å². The maximum atomic E-state index is 4.75. The highest BCUT2D eigenvalue weighted by molar-refractivity contribution is 5.72. The van der Waals surface area contributed by atoms with Crippen LogP contribution in [0, 0.1) is 6.20 Å². The molecular formula is C17H19N6. The Hall–Kier alpha value is -2.47. The zero-order valence-electron chi connectivity index (χ0n) is 13.3. The van der Waals surface area contributed by atoms with Gasteiger partial charge in [0.1, 0.15) is 18.0 Å². The Kier molecular flexibility index (Phi) is 3.46. The summed E-state index contributed by atoms with van der Waals surface area (Å²) in [5.74, 6) is 0.736. The number of benzene rings is 1. The summed E-state index contributed by atoms with van der Waals surface area (Å²) in [6, 6.07) is 10.7. The normalized spacial score (nSPS) is 18.2. The molecule has 23 heavy (non-hydrogen) atoms. The second-order valence-electron chi connectivity index (χ2n) is 6.11. The number of aromatic nitrogens is 4. The van der Waals surface area contributed by atoms with Crippen LogP contribution in [0.5, 0.6) is 0 Å². The molecule has 117 valence electrons. The summed E-state index contributed by atoms with van der Waals surface area (Å²) in [6.07, 6.45) is 5.94. The molecule has 2 aromatic heterocycles. The van der Waals surface area contributed by atoms with Crippen molar-refractivity contribution >= 4 is 17.1 Å². The molecule has 1 aromatic carbocycles. The quantitative estimate of drug-likeness (QED) is 0.738. The maximum absolute atomic E-state index is 4.75. The Morgan fingerprint density at radius 1 is 1.22 bits per heavy atom. The molecule has 3 aromatic rings. The van der Waals surface area contributed by atoms with Crippen LogP contribution >= 0.6 is 0 Å². The van der Waals surface area contributed by atoms with E-state index in [-0.39, 0.29) is 0 Å². The van der Waals surface area contributed by atoms with Gasteiger partial charge in [0.05, 0.1) is 0 Å². The first kappa shape index (κ1) is 14.1. The zero-order valence-corrected chi connectivity index (χ0v) is 13.3. The molecule has 1 radical (unpaired) electrons. The average molecular weight is 307 g/mol. The van der Waals surface area contributed by atoms with Crippen molar-refractivity contribution in [3.8, 4) is 5.69 Å². The summed E-state index contributed by atoms with van der Waals surface area (Å²) in [7, 11) is 4.24. The summed E-state index contributed by atoms with van der Waals surface area (Å²) in [4.78, 5) is 18.0. The number of anilines is 1. The van der Waals surface area contributed by atoms with Crippen LogP contribution in [-0.4, -0.2) is 57.6 Å². The fourth-order valence-electron chi connectivity index (χ4n) is 3.01. The van der Waals surface area contributed by atoms with Gasteiger partial charge in [-0.1, -0.05) is 18.2 Å². The van der Waals surface area contributed by atoms with E-state index in [1.807, 2.05) is 34.9 Å². The van der Waals surface area contributed by atoms with E-state index in [0.717, 1.165) is 36.8 Å². The third kappa shape index (κ3) is 2.55. The van der Waals surface area contributed by atoms with Gasteiger partial charge in [0.15, 0.2) is 5.65 Å². The molecule has 0 aliphatic carbocycles. The number of para-hydroxylation sites is 1. The summed E-state index contributed by atoms with van der Waals surface area (Å²) in [6.45, 7) is 1.92. The summed E-state index contributed by atoms with van der Waals surface area (Å²) in [5.41, 5.74) is 2.54. The van der Waals surface area contributed by atoms with E-state index in [1.54, 1.807) is 6.33 Å². The molecule has 0 amide bonds. The van der Waals surface area contributed by atoms with Gasteiger partial charge in [0.25, 0.3) is 0 Å². The Morgan fingerprint density at radius 2 is 2.04 bits per heavy atom. The topological polar surface area (TPSA) is 50.1 Å². The van der Waals surface area contributed by atoms with Crippen LogP contribution < -0.4 is 4.90 Å². The Bertz CT molecular complexity index is 810. The predicted octanol–water partition coefficient (Wildman–Crippen LogP) is 1.76. The van der Waals surface area contributed by atoms with Gasteiger partial charge in [-0.2, -0.15) is 4.98 Å². The van der Waals surface area contributed by atoms with E-state index in [4.69, 9.17) is 4.98 Å². The van der Waals surface area contributed by atoms with Gasteiger partial charge in [-0.3, -0.25) is 4.57 Å². The van der Waals surface area contributed by atoms with Crippen LogP contribution in [0.15, 0.2) is 36.7 Å². The molecule has 6 heteroatoms. The average Bonchev–Trinajstić information content (AvgIpc) is 3.22. The molecule has 1 atom stereocenters. The van der Waals surface area contributed by atoms with Gasteiger partial charge in [0.2, 0.25) is 5.95 Å². The highest BCUT2D eigenvalue weighted by atomic mass is 15.3. The minimum absolute atomic E-state index is 0.549. The second-order valence-corrected chi connectivity index (χ2v) is 6.11. The minimum atomic E-state index is 0.549. The first-order valence-electron chi connectivity index (χ1n) is 7.82. The lowest BCUT2D eigenvalue weighted by Crippen LogP contribution is -2.32. The van der Waals surface area contributed by atoms with Gasteiger partial charge in [0, 0.05) is 24.8 Å². The SMILES string of the molecule is CN(C)C1CCN(c2n[c]c3ncn(-c4ccccc4)c3n2)C1. The molecule has 3 heterocycles. The Balaban J connectivity index is 1.71. The van der Waals surface area contributed by atoms with Crippen LogP contribution in [0.2, 0.25) is 0 Å². The van der Waals surface area contributed by atoms with Crippen molar-refractivity contribution in [2.45, 2.75) is 12.5 Å². The van der Waals surface area contributed by atoms with Crippen molar-refractivity contribution in [1.29, 1.82) is 0 Å². The molecule has 1 fully saturated rings. The van der Waals surface area contributed by atoms with E-state index < -0.39 is 0 Å². The Labute approximate surface area is 135 Å². The van der Waals surface area contributed by atoms with E-state index in [2.05, 4.69) is 40.1 Å². The van der Waals surface area contributed by atoms with Crippen molar-refractivity contribution in [3.63, 3.8) is 0 Å². The number of hydrogen-bond donors (Lipinski definition) is 0. The van der Waals surface area contributed by atoms with Crippen LogP contribution in [0.1, 0.15) is 6.42 Å². The smallest absolute Gasteiger partial charge is 0.228 e. The lowest BCUT2D eigenvalue weighted by Gasteiger charge is -2.20. The lowest BCUT2D eigenvalue weighted by atomic mass is 10.2. The summed E-state index contributed by atoms with van der Waals surface area (Å²) < 4.78 is 1.98. The van der Waals surface area contributed by atoms with Crippen molar-refractivity contribution < 1.29 is 0 Å². The van der Waals surface area contributed by atoms with Crippen LogP contribution in [0.3, 0.4) is 0 Å². The predicted molar refractivity (Wildman–Crippen MR) is 89.8 cm³/mol. The maximum Gasteiger partial charge on any atom is 0.228 e. The molecule has 1 unspecified atom stereocenters. The van der Waals surface area contributed by atoms with Gasteiger partial charge in [-0.15, -0.1) is 0 Å². The van der Waals surface area contributed by atoms with Crippen molar-refractivity contribution in [1.82, 2.24) is 24.4 Å². The van der Waals surface area contributed by atoms with Crippen molar-refractivity contribution in [2.75, 3.05) is 32.1 Å². The second kappa shape index (κ2) is 5.62. The van der Waals surface area contributed by atoms with Crippen LogP contribution in [0.25, 0.3) is 16.9 Å². The van der Waals surface area contributed by atoms with Gasteiger partial charge in [-0.25, -0.2) is 9.97 Å². The molecule has 0 saturated carbocycles. The lowest BCUT2D eigenvalue weighted by molar-refractivity contribution is 0.315. The first-order chi connectivity index (χ1) is 11.2. The third-order valence-corrected chi connectivity index (χ3v) is 4.42. The fourth-order valence-corrected chi connectivity index (χ4v) is 3.01. The van der Waals surface area contributed by atoms with Crippen LogP contribution in [0.4, 0.5) is 5.95 Å². The third-order valence-electron chi connectivity index (χ3n) is 4.42. The molecule has 4 rings (SSSR count).